The highest BCUT2D eigenvalue weighted by Crippen LogP contribution is 2.08. The predicted molar refractivity (Wildman–Crippen MR) is 84.9 cm³/mol. The molecule has 0 radical (unpaired) electrons. The highest BCUT2D eigenvalue weighted by Gasteiger charge is 2.21. The first-order chi connectivity index (χ1) is 10.1. The Hall–Kier alpha value is -1.09. The molecule has 2 aliphatic rings. The van der Waals surface area contributed by atoms with Gasteiger partial charge < -0.3 is 15.5 Å². The van der Waals surface area contributed by atoms with Crippen molar-refractivity contribution >= 4 is 35.0 Å². The quantitative estimate of drug-likeness (QED) is 0.648. The van der Waals surface area contributed by atoms with Crippen molar-refractivity contribution < 1.29 is 19.8 Å². The van der Waals surface area contributed by atoms with Gasteiger partial charge in [0.15, 0.2) is 0 Å². The maximum atomic E-state index is 10.1. The van der Waals surface area contributed by atoms with Crippen LogP contribution in [0, 0.1) is 0 Å². The van der Waals surface area contributed by atoms with Crippen molar-refractivity contribution in [2.75, 3.05) is 18.2 Å². The van der Waals surface area contributed by atoms with Gasteiger partial charge in [0.2, 0.25) is 0 Å². The fourth-order valence-electron chi connectivity index (χ4n) is 1.68. The average Bonchev–Trinajstić information content (AvgIpc) is 3.22. The maximum absolute atomic E-state index is 10.1. The molecule has 2 aliphatic heterocycles. The summed E-state index contributed by atoms with van der Waals surface area (Å²) in [5.41, 5.74) is 0. The van der Waals surface area contributed by atoms with Crippen molar-refractivity contribution in [3.8, 4) is 0 Å². The molecule has 0 aliphatic carbocycles. The average molecular weight is 332 g/mol. The van der Waals surface area contributed by atoms with Gasteiger partial charge in [-0.1, -0.05) is 12.1 Å². The molecule has 0 bridgehead atoms. The van der Waals surface area contributed by atoms with Crippen LogP contribution in [0.5, 0.6) is 0 Å². The number of hydrogen-bond donors (Lipinski definition) is 4. The third-order valence-corrected chi connectivity index (χ3v) is 4.37. The second-order valence-electron chi connectivity index (χ2n) is 4.39. The summed E-state index contributed by atoms with van der Waals surface area (Å²) in [4.78, 5) is 20.3. The number of aliphatic carboxylic acids is 2. The van der Waals surface area contributed by atoms with E-state index in [1.807, 2.05) is 22.9 Å². The van der Waals surface area contributed by atoms with Crippen molar-refractivity contribution in [2.45, 2.75) is 24.9 Å². The number of carboxylic acid groups (broad SMARTS) is 2. The molecule has 0 amide bonds. The molecule has 0 spiro atoms. The molecule has 2 saturated heterocycles. The van der Waals surface area contributed by atoms with E-state index in [1.54, 1.807) is 23.1 Å². The molecule has 8 heteroatoms. The van der Waals surface area contributed by atoms with Gasteiger partial charge in [0, 0.05) is 11.6 Å². The van der Waals surface area contributed by atoms with E-state index in [1.165, 1.54) is 0 Å². The number of carboxylic acids is 2. The standard InChI is InChI=1S/C5H9NO2.C4H7NO2S.C4H4S/c7-5(8)4-2-1-3-6-4;6-4(7)3-1-8-2-5-3;1-2-4-5-3-1/h4,6H,1-3H2,(H,7,8);3,5H,1-2H2,(H,6,7);1-4H/t4-;3-;/m00./s1. The number of nitrogens with one attached hydrogen (secondary N) is 2. The fourth-order valence-corrected chi connectivity index (χ4v) is 3.06. The summed E-state index contributed by atoms with van der Waals surface area (Å²) in [5.74, 6) is 0.0178. The van der Waals surface area contributed by atoms with Crippen LogP contribution < -0.4 is 10.6 Å². The number of carbonyl (C=O) groups is 2. The van der Waals surface area contributed by atoms with Crippen molar-refractivity contribution in [3.05, 3.63) is 22.9 Å². The van der Waals surface area contributed by atoms with E-state index in [0.717, 1.165) is 25.3 Å². The lowest BCUT2D eigenvalue weighted by molar-refractivity contribution is -0.139. The highest BCUT2D eigenvalue weighted by atomic mass is 32.2. The minimum Gasteiger partial charge on any atom is -0.480 e. The van der Waals surface area contributed by atoms with E-state index in [2.05, 4.69) is 10.6 Å². The van der Waals surface area contributed by atoms with Crippen molar-refractivity contribution in [1.82, 2.24) is 10.6 Å². The van der Waals surface area contributed by atoms with Crippen molar-refractivity contribution in [2.24, 2.45) is 0 Å². The van der Waals surface area contributed by atoms with Gasteiger partial charge in [-0.05, 0) is 30.1 Å². The molecular weight excluding hydrogens is 312 g/mol. The summed E-state index contributed by atoms with van der Waals surface area (Å²) in [6, 6.07) is 3.46. The van der Waals surface area contributed by atoms with E-state index in [-0.39, 0.29) is 12.1 Å². The van der Waals surface area contributed by atoms with Crippen LogP contribution in [0.2, 0.25) is 0 Å². The molecular formula is C13H20N2O4S2. The first-order valence-electron chi connectivity index (χ1n) is 6.58. The van der Waals surface area contributed by atoms with Crippen LogP contribution in [-0.4, -0.2) is 52.4 Å². The molecule has 6 nitrogen and oxygen atoms in total. The second kappa shape index (κ2) is 10.6. The molecule has 0 saturated carbocycles. The fraction of sp³-hybridized carbons (Fsp3) is 0.538. The molecule has 0 unspecified atom stereocenters. The van der Waals surface area contributed by atoms with Crippen molar-refractivity contribution in [1.29, 1.82) is 0 Å². The molecule has 0 aromatic carbocycles. The van der Waals surface area contributed by atoms with Gasteiger partial charge in [-0.3, -0.25) is 14.9 Å². The monoisotopic (exact) mass is 332 g/mol. The first-order valence-corrected chi connectivity index (χ1v) is 8.68. The van der Waals surface area contributed by atoms with Gasteiger partial charge in [-0.15, -0.1) is 11.8 Å². The molecule has 118 valence electrons. The summed E-state index contributed by atoms with van der Waals surface area (Å²) in [6.45, 7) is 0.858. The van der Waals surface area contributed by atoms with Crippen LogP contribution in [0.3, 0.4) is 0 Å². The van der Waals surface area contributed by atoms with E-state index in [0.29, 0.717) is 5.75 Å². The van der Waals surface area contributed by atoms with E-state index < -0.39 is 11.9 Å². The van der Waals surface area contributed by atoms with Gasteiger partial charge in [-0.2, -0.15) is 11.3 Å². The SMILES string of the molecule is O=C(O)[C@@H]1CCCN1.O=C(O)[C@@H]1CSCN1.c1ccsc1. The summed E-state index contributed by atoms with van der Waals surface area (Å²) in [5, 5.41) is 26.4. The molecule has 1 aromatic heterocycles. The third kappa shape index (κ3) is 8.05. The van der Waals surface area contributed by atoms with Crippen LogP contribution in [0.15, 0.2) is 22.9 Å². The van der Waals surface area contributed by atoms with Gasteiger partial charge in [0.25, 0.3) is 0 Å². The maximum Gasteiger partial charge on any atom is 0.321 e. The summed E-state index contributed by atoms with van der Waals surface area (Å²) >= 11 is 3.33. The normalized spacial score (nSPS) is 23.4. The van der Waals surface area contributed by atoms with Crippen LogP contribution >= 0.6 is 23.1 Å². The smallest absolute Gasteiger partial charge is 0.321 e. The second-order valence-corrected chi connectivity index (χ2v) is 6.24. The minimum absolute atomic E-state index is 0.269. The Bertz CT molecular complexity index is 359. The predicted octanol–water partition coefficient (Wildman–Crippen LogP) is 1.30. The van der Waals surface area contributed by atoms with Crippen LogP contribution in [0.25, 0.3) is 0 Å². The van der Waals surface area contributed by atoms with Crippen molar-refractivity contribution in [3.63, 3.8) is 0 Å². The largest absolute Gasteiger partial charge is 0.480 e. The number of thioether (sulfide) groups is 1. The number of thiophene rings is 1. The Morgan fingerprint density at radius 1 is 1.05 bits per heavy atom. The van der Waals surface area contributed by atoms with Gasteiger partial charge in [0.05, 0.1) is 0 Å². The first kappa shape index (κ1) is 18.0. The summed E-state index contributed by atoms with van der Waals surface area (Å²) < 4.78 is 0. The molecule has 3 heterocycles. The van der Waals surface area contributed by atoms with Crippen LogP contribution in [0.4, 0.5) is 0 Å². The topological polar surface area (TPSA) is 98.7 Å². The third-order valence-electron chi connectivity index (χ3n) is 2.80. The molecule has 3 rings (SSSR count). The lowest BCUT2D eigenvalue weighted by Crippen LogP contribution is -2.32. The Labute approximate surface area is 131 Å². The molecule has 1 aromatic rings. The zero-order chi connectivity index (χ0) is 15.5. The summed E-state index contributed by atoms with van der Waals surface area (Å²) in [7, 11) is 0. The summed E-state index contributed by atoms with van der Waals surface area (Å²) in [6.07, 6.45) is 1.78. The van der Waals surface area contributed by atoms with Gasteiger partial charge in [-0.25, -0.2) is 0 Å². The molecule has 2 atom stereocenters. The van der Waals surface area contributed by atoms with E-state index in [4.69, 9.17) is 10.2 Å². The highest BCUT2D eigenvalue weighted by molar-refractivity contribution is 7.99. The molecule has 2 fully saturated rings. The Morgan fingerprint density at radius 2 is 1.71 bits per heavy atom. The number of rotatable bonds is 2. The Balaban J connectivity index is 0.000000162. The van der Waals surface area contributed by atoms with Gasteiger partial charge >= 0.3 is 11.9 Å². The lowest BCUT2D eigenvalue weighted by Gasteiger charge is -1.99. The lowest BCUT2D eigenvalue weighted by atomic mass is 10.2. The van der Waals surface area contributed by atoms with E-state index >= 15 is 0 Å². The zero-order valence-electron chi connectivity index (χ0n) is 11.5. The molecule has 4 N–H and O–H groups in total. The molecule has 21 heavy (non-hydrogen) atoms. The number of hydrogen-bond acceptors (Lipinski definition) is 6. The minimum atomic E-state index is -0.741. The Morgan fingerprint density at radius 3 is 1.95 bits per heavy atom. The van der Waals surface area contributed by atoms with Crippen LogP contribution in [-0.2, 0) is 9.59 Å². The zero-order valence-corrected chi connectivity index (χ0v) is 13.2. The van der Waals surface area contributed by atoms with Gasteiger partial charge in [0.1, 0.15) is 12.1 Å². The Kier molecular flexibility index (Phi) is 9.07. The van der Waals surface area contributed by atoms with Crippen LogP contribution in [0.1, 0.15) is 12.8 Å². The van der Waals surface area contributed by atoms with E-state index in [9.17, 15) is 9.59 Å².